The normalized spacial score (nSPS) is 15.6. The molecule has 1 atom stereocenters. The van der Waals surface area contributed by atoms with Gasteiger partial charge in [0.25, 0.3) is 0 Å². The highest BCUT2D eigenvalue weighted by atomic mass is 79.9. The molecule has 0 amide bonds. The van der Waals surface area contributed by atoms with Crippen molar-refractivity contribution in [3.05, 3.63) is 22.2 Å². The van der Waals surface area contributed by atoms with E-state index in [-0.39, 0.29) is 6.04 Å². The summed E-state index contributed by atoms with van der Waals surface area (Å²) in [7, 11) is 0. The lowest BCUT2D eigenvalue weighted by Gasteiger charge is -2.08. The van der Waals surface area contributed by atoms with Crippen LogP contribution in [0.4, 0.5) is 0 Å². The zero-order chi connectivity index (χ0) is 10.1. The maximum absolute atomic E-state index is 5.75. The zero-order valence-corrected chi connectivity index (χ0v) is 9.50. The Morgan fingerprint density at radius 1 is 1.43 bits per heavy atom. The number of benzene rings is 1. The van der Waals surface area contributed by atoms with Crippen molar-refractivity contribution in [2.24, 2.45) is 5.73 Å². The van der Waals surface area contributed by atoms with Crippen LogP contribution in [0.1, 0.15) is 12.5 Å². The van der Waals surface area contributed by atoms with Crippen LogP contribution < -0.4 is 15.2 Å². The van der Waals surface area contributed by atoms with Crippen molar-refractivity contribution >= 4 is 15.9 Å². The fourth-order valence-electron chi connectivity index (χ4n) is 1.46. The molecule has 0 saturated carbocycles. The van der Waals surface area contributed by atoms with Gasteiger partial charge in [0.05, 0.1) is 0 Å². The molecule has 1 heterocycles. The summed E-state index contributed by atoms with van der Waals surface area (Å²) in [4.78, 5) is 0. The van der Waals surface area contributed by atoms with E-state index in [4.69, 9.17) is 15.2 Å². The predicted octanol–water partition coefficient (Wildman–Crippen LogP) is 2.07. The molecule has 1 aromatic rings. The van der Waals surface area contributed by atoms with E-state index in [1.165, 1.54) is 0 Å². The highest BCUT2D eigenvalue weighted by Crippen LogP contribution is 2.37. The van der Waals surface area contributed by atoms with E-state index in [1.807, 2.05) is 19.1 Å². The second-order valence-corrected chi connectivity index (χ2v) is 4.33. The molecule has 2 rings (SSSR count). The van der Waals surface area contributed by atoms with E-state index in [0.717, 1.165) is 28.0 Å². The molecule has 1 aliphatic heterocycles. The Balaban J connectivity index is 2.32. The van der Waals surface area contributed by atoms with Gasteiger partial charge in [0.1, 0.15) is 0 Å². The molecule has 2 N–H and O–H groups in total. The van der Waals surface area contributed by atoms with Crippen molar-refractivity contribution in [3.63, 3.8) is 0 Å². The molecule has 1 aliphatic rings. The van der Waals surface area contributed by atoms with Crippen molar-refractivity contribution < 1.29 is 9.47 Å². The lowest BCUT2D eigenvalue weighted by molar-refractivity contribution is 0.174. The standard InChI is InChI=1S/C10H12BrNO2/c1-6(12)2-7-3-9-10(4-8(7)11)14-5-13-9/h3-4,6H,2,5,12H2,1H3. The Morgan fingerprint density at radius 2 is 2.07 bits per heavy atom. The average Bonchev–Trinajstić information content (AvgIpc) is 2.51. The molecule has 1 aromatic carbocycles. The van der Waals surface area contributed by atoms with Gasteiger partial charge in [-0.15, -0.1) is 0 Å². The Morgan fingerprint density at radius 3 is 2.71 bits per heavy atom. The first-order chi connectivity index (χ1) is 6.66. The molecule has 0 radical (unpaired) electrons. The summed E-state index contributed by atoms with van der Waals surface area (Å²) in [6.45, 7) is 2.29. The van der Waals surface area contributed by atoms with Gasteiger partial charge in [-0.05, 0) is 31.0 Å². The maximum atomic E-state index is 5.75. The molecule has 1 unspecified atom stereocenters. The van der Waals surface area contributed by atoms with Crippen molar-refractivity contribution in [2.45, 2.75) is 19.4 Å². The van der Waals surface area contributed by atoms with E-state index in [0.29, 0.717) is 6.79 Å². The molecular formula is C10H12BrNO2. The molecule has 14 heavy (non-hydrogen) atoms. The van der Waals surface area contributed by atoms with Crippen molar-refractivity contribution in [2.75, 3.05) is 6.79 Å². The van der Waals surface area contributed by atoms with Gasteiger partial charge < -0.3 is 15.2 Å². The SMILES string of the molecule is CC(N)Cc1cc2c(cc1Br)OCO2. The predicted molar refractivity (Wildman–Crippen MR) is 57.6 cm³/mol. The molecule has 3 nitrogen and oxygen atoms in total. The fraction of sp³-hybridized carbons (Fsp3) is 0.400. The monoisotopic (exact) mass is 257 g/mol. The highest BCUT2D eigenvalue weighted by Gasteiger charge is 2.16. The first-order valence-corrected chi connectivity index (χ1v) is 5.29. The summed E-state index contributed by atoms with van der Waals surface area (Å²) in [5.41, 5.74) is 6.90. The molecular weight excluding hydrogens is 246 g/mol. The third-order valence-electron chi connectivity index (χ3n) is 2.08. The molecule has 0 saturated heterocycles. The smallest absolute Gasteiger partial charge is 0.231 e. The Bertz CT molecular complexity index is 352. The maximum Gasteiger partial charge on any atom is 0.231 e. The van der Waals surface area contributed by atoms with Gasteiger partial charge in [0.2, 0.25) is 6.79 Å². The third-order valence-corrected chi connectivity index (χ3v) is 2.82. The average molecular weight is 258 g/mol. The van der Waals surface area contributed by atoms with E-state index in [9.17, 15) is 0 Å². The number of ether oxygens (including phenoxy) is 2. The molecule has 0 spiro atoms. The Labute approximate surface area is 91.3 Å². The third kappa shape index (κ3) is 1.86. The number of hydrogen-bond acceptors (Lipinski definition) is 3. The largest absolute Gasteiger partial charge is 0.454 e. The minimum atomic E-state index is 0.145. The summed E-state index contributed by atoms with van der Waals surface area (Å²) in [5.74, 6) is 1.61. The number of hydrogen-bond donors (Lipinski definition) is 1. The quantitative estimate of drug-likeness (QED) is 0.883. The van der Waals surface area contributed by atoms with E-state index in [1.54, 1.807) is 0 Å². The van der Waals surface area contributed by atoms with E-state index >= 15 is 0 Å². The van der Waals surface area contributed by atoms with E-state index in [2.05, 4.69) is 15.9 Å². The summed E-state index contributed by atoms with van der Waals surface area (Å²) in [6, 6.07) is 4.06. The van der Waals surface area contributed by atoms with Gasteiger partial charge in [-0.2, -0.15) is 0 Å². The van der Waals surface area contributed by atoms with Gasteiger partial charge in [-0.25, -0.2) is 0 Å². The second-order valence-electron chi connectivity index (χ2n) is 3.48. The van der Waals surface area contributed by atoms with Gasteiger partial charge in [0, 0.05) is 10.5 Å². The Kier molecular flexibility index (Phi) is 2.65. The van der Waals surface area contributed by atoms with Gasteiger partial charge >= 0.3 is 0 Å². The van der Waals surface area contributed by atoms with Crippen molar-refractivity contribution in [3.8, 4) is 11.5 Å². The summed E-state index contributed by atoms with van der Waals surface area (Å²) in [6.07, 6.45) is 0.831. The van der Waals surface area contributed by atoms with E-state index < -0.39 is 0 Å². The zero-order valence-electron chi connectivity index (χ0n) is 7.92. The van der Waals surface area contributed by atoms with Crippen LogP contribution in [-0.2, 0) is 6.42 Å². The number of halogens is 1. The molecule has 76 valence electrons. The van der Waals surface area contributed by atoms with Crippen LogP contribution in [0.25, 0.3) is 0 Å². The van der Waals surface area contributed by atoms with Crippen LogP contribution in [0.5, 0.6) is 11.5 Å². The van der Waals surface area contributed by atoms with Crippen molar-refractivity contribution in [1.82, 2.24) is 0 Å². The lowest BCUT2D eigenvalue weighted by atomic mass is 10.1. The summed E-state index contributed by atoms with van der Waals surface area (Å²) < 4.78 is 11.6. The molecule has 0 fully saturated rings. The number of nitrogens with two attached hydrogens (primary N) is 1. The fourth-order valence-corrected chi connectivity index (χ4v) is 1.95. The number of fused-ring (bicyclic) bond motifs is 1. The number of rotatable bonds is 2. The molecule has 0 aliphatic carbocycles. The van der Waals surface area contributed by atoms with Crippen LogP contribution in [0.3, 0.4) is 0 Å². The van der Waals surface area contributed by atoms with Gasteiger partial charge in [-0.3, -0.25) is 0 Å². The van der Waals surface area contributed by atoms with Gasteiger partial charge in [0.15, 0.2) is 11.5 Å². The Hall–Kier alpha value is -0.740. The van der Waals surface area contributed by atoms with Crippen LogP contribution >= 0.6 is 15.9 Å². The minimum absolute atomic E-state index is 0.145. The summed E-state index contributed by atoms with van der Waals surface area (Å²) in [5, 5.41) is 0. The topological polar surface area (TPSA) is 44.5 Å². The van der Waals surface area contributed by atoms with Crippen molar-refractivity contribution in [1.29, 1.82) is 0 Å². The van der Waals surface area contributed by atoms with Crippen LogP contribution in [-0.4, -0.2) is 12.8 Å². The molecule has 0 aromatic heterocycles. The van der Waals surface area contributed by atoms with Crippen LogP contribution in [0.2, 0.25) is 0 Å². The highest BCUT2D eigenvalue weighted by molar-refractivity contribution is 9.10. The first-order valence-electron chi connectivity index (χ1n) is 4.50. The first kappa shape index (κ1) is 9.80. The summed E-state index contributed by atoms with van der Waals surface area (Å²) >= 11 is 3.49. The van der Waals surface area contributed by atoms with Crippen LogP contribution in [0.15, 0.2) is 16.6 Å². The molecule has 0 bridgehead atoms. The lowest BCUT2D eigenvalue weighted by Crippen LogP contribution is -2.17. The van der Waals surface area contributed by atoms with Crippen LogP contribution in [0, 0.1) is 0 Å². The minimum Gasteiger partial charge on any atom is -0.454 e. The molecule has 4 heteroatoms. The van der Waals surface area contributed by atoms with Gasteiger partial charge in [-0.1, -0.05) is 15.9 Å². The second kappa shape index (κ2) is 3.79.